The lowest BCUT2D eigenvalue weighted by Crippen LogP contribution is -2.29. The van der Waals surface area contributed by atoms with Crippen LogP contribution in [0.3, 0.4) is 0 Å². The predicted octanol–water partition coefficient (Wildman–Crippen LogP) is 4.96. The maximum atomic E-state index is 12.7. The molecule has 0 bridgehead atoms. The molecule has 0 aliphatic rings. The highest BCUT2D eigenvalue weighted by Crippen LogP contribution is 2.21. The van der Waals surface area contributed by atoms with Gasteiger partial charge in [-0.2, -0.15) is 5.10 Å². The van der Waals surface area contributed by atoms with Gasteiger partial charge < -0.3 is 10.3 Å². The van der Waals surface area contributed by atoms with Crippen LogP contribution >= 0.6 is 12.2 Å². The fraction of sp³-hybridized carbons (Fsp3) is 0.250. The van der Waals surface area contributed by atoms with E-state index in [4.69, 9.17) is 12.2 Å². The van der Waals surface area contributed by atoms with Gasteiger partial charge in [0.05, 0.1) is 17.9 Å². The van der Waals surface area contributed by atoms with Crippen LogP contribution in [0.2, 0.25) is 0 Å². The fourth-order valence-electron chi connectivity index (χ4n) is 3.65. The van der Waals surface area contributed by atoms with E-state index in [1.165, 1.54) is 0 Å². The summed E-state index contributed by atoms with van der Waals surface area (Å²) in [6.45, 7) is 4.50. The normalized spacial score (nSPS) is 11.9. The van der Waals surface area contributed by atoms with Crippen molar-refractivity contribution in [2.45, 2.75) is 39.3 Å². The number of carbonyl (C=O) groups excluding carboxylic acids is 1. The summed E-state index contributed by atoms with van der Waals surface area (Å²) in [5, 5.41) is 10.3. The molecule has 0 aliphatic carbocycles. The van der Waals surface area contributed by atoms with E-state index in [1.807, 2.05) is 66.9 Å². The van der Waals surface area contributed by atoms with Gasteiger partial charge in [-0.1, -0.05) is 61.0 Å². The lowest BCUT2D eigenvalue weighted by atomic mass is 10.1. The summed E-state index contributed by atoms with van der Waals surface area (Å²) >= 11 is 5.39. The largest absolute Gasteiger partial charge is 0.346 e. The summed E-state index contributed by atoms with van der Waals surface area (Å²) in [6, 6.07) is 17.9. The van der Waals surface area contributed by atoms with Gasteiger partial charge >= 0.3 is 0 Å². The van der Waals surface area contributed by atoms with Gasteiger partial charge in [-0.25, -0.2) is 4.98 Å². The van der Waals surface area contributed by atoms with Gasteiger partial charge in [-0.3, -0.25) is 14.5 Å². The maximum Gasteiger partial charge on any atom is 0.222 e. The van der Waals surface area contributed by atoms with E-state index in [-0.39, 0.29) is 18.4 Å². The highest BCUT2D eigenvalue weighted by Gasteiger charge is 2.17. The monoisotopic (exact) mass is 446 g/mol. The number of aryl methyl sites for hydroxylation is 1. The molecule has 32 heavy (non-hydrogen) atoms. The molecule has 4 aromatic rings. The van der Waals surface area contributed by atoms with E-state index in [0.717, 1.165) is 40.5 Å². The number of nitrogens with one attached hydrogen (secondary N) is 3. The molecule has 0 saturated carbocycles. The van der Waals surface area contributed by atoms with E-state index in [9.17, 15) is 4.79 Å². The van der Waals surface area contributed by atoms with Crippen LogP contribution in [0.4, 0.5) is 0 Å². The Morgan fingerprint density at radius 1 is 1.16 bits per heavy atom. The van der Waals surface area contributed by atoms with Gasteiger partial charge in [0.15, 0.2) is 10.6 Å². The highest BCUT2D eigenvalue weighted by molar-refractivity contribution is 7.71. The minimum Gasteiger partial charge on any atom is -0.346 e. The van der Waals surface area contributed by atoms with Crippen LogP contribution in [0.15, 0.2) is 60.8 Å². The number of hydrogen-bond acceptors (Lipinski definition) is 4. The average molecular weight is 447 g/mol. The zero-order valence-electron chi connectivity index (χ0n) is 18.1. The summed E-state index contributed by atoms with van der Waals surface area (Å²) in [4.78, 5) is 20.6. The van der Waals surface area contributed by atoms with Crippen LogP contribution in [0.5, 0.6) is 0 Å². The summed E-state index contributed by atoms with van der Waals surface area (Å²) in [5.74, 6) is 1.42. The number of carbonyl (C=O) groups is 1. The molecule has 7 nitrogen and oxygen atoms in total. The second-order valence-electron chi connectivity index (χ2n) is 7.70. The standard InChI is InChI=1S/C24H26N6OS/c1-3-19(22-25-15-20(27-22)17-9-5-4-6-10-17)26-21(31)12-13-30-23(28-29-24(30)32)18-11-7-8-16(2)14-18/h4-11,14-15,19H,3,12-13H2,1-2H3,(H,25,27)(H,26,31)(H,29,32). The van der Waals surface area contributed by atoms with Crippen LogP contribution in [0.25, 0.3) is 22.6 Å². The zero-order valence-corrected chi connectivity index (χ0v) is 18.9. The quantitative estimate of drug-likeness (QED) is 0.334. The lowest BCUT2D eigenvalue weighted by molar-refractivity contribution is -0.122. The number of imidazole rings is 1. The summed E-state index contributed by atoms with van der Waals surface area (Å²) in [5.41, 5.74) is 4.10. The number of H-pyrrole nitrogens is 2. The number of aromatic amines is 2. The van der Waals surface area contributed by atoms with Crippen molar-refractivity contribution in [3.05, 3.63) is 77.0 Å². The van der Waals surface area contributed by atoms with Crippen LogP contribution in [0.1, 0.15) is 37.2 Å². The van der Waals surface area contributed by atoms with E-state index >= 15 is 0 Å². The molecule has 1 unspecified atom stereocenters. The van der Waals surface area contributed by atoms with Gasteiger partial charge in [0.2, 0.25) is 5.91 Å². The van der Waals surface area contributed by atoms with Crippen molar-refractivity contribution in [2.24, 2.45) is 0 Å². The lowest BCUT2D eigenvalue weighted by Gasteiger charge is -2.15. The van der Waals surface area contributed by atoms with Gasteiger partial charge in [0, 0.05) is 18.5 Å². The average Bonchev–Trinajstić information content (AvgIpc) is 3.44. The Balaban J connectivity index is 1.43. The van der Waals surface area contributed by atoms with Crippen LogP contribution in [0, 0.1) is 11.7 Å². The molecule has 0 spiro atoms. The minimum absolute atomic E-state index is 0.0622. The zero-order chi connectivity index (χ0) is 22.5. The van der Waals surface area contributed by atoms with Crippen molar-refractivity contribution in [1.29, 1.82) is 0 Å². The van der Waals surface area contributed by atoms with Crippen molar-refractivity contribution < 1.29 is 4.79 Å². The van der Waals surface area contributed by atoms with E-state index < -0.39 is 0 Å². The Kier molecular flexibility index (Phi) is 6.61. The smallest absolute Gasteiger partial charge is 0.222 e. The second kappa shape index (κ2) is 9.74. The van der Waals surface area contributed by atoms with Gasteiger partial charge in [0.1, 0.15) is 5.82 Å². The van der Waals surface area contributed by atoms with Crippen molar-refractivity contribution in [3.8, 4) is 22.6 Å². The molecule has 4 rings (SSSR count). The summed E-state index contributed by atoms with van der Waals surface area (Å²) in [6.07, 6.45) is 2.82. The summed E-state index contributed by atoms with van der Waals surface area (Å²) < 4.78 is 2.37. The molecule has 0 saturated heterocycles. The Hall–Kier alpha value is -3.52. The first-order valence-electron chi connectivity index (χ1n) is 10.7. The third-order valence-electron chi connectivity index (χ3n) is 5.35. The molecular formula is C24H26N6OS. The molecule has 3 N–H and O–H groups in total. The van der Waals surface area contributed by atoms with E-state index in [0.29, 0.717) is 11.3 Å². The topological polar surface area (TPSA) is 91.4 Å². The van der Waals surface area contributed by atoms with E-state index in [1.54, 1.807) is 6.20 Å². The van der Waals surface area contributed by atoms with Crippen molar-refractivity contribution in [3.63, 3.8) is 0 Å². The van der Waals surface area contributed by atoms with Crippen molar-refractivity contribution in [2.75, 3.05) is 0 Å². The first-order chi connectivity index (χ1) is 15.5. The van der Waals surface area contributed by atoms with Crippen molar-refractivity contribution in [1.82, 2.24) is 30.0 Å². The van der Waals surface area contributed by atoms with Gasteiger partial charge in [0.25, 0.3) is 0 Å². The van der Waals surface area contributed by atoms with Crippen LogP contribution in [-0.2, 0) is 11.3 Å². The Morgan fingerprint density at radius 2 is 1.94 bits per heavy atom. The molecule has 2 aromatic carbocycles. The molecule has 1 amide bonds. The van der Waals surface area contributed by atoms with Crippen molar-refractivity contribution >= 4 is 18.1 Å². The molecule has 2 aromatic heterocycles. The molecule has 8 heteroatoms. The number of hydrogen-bond donors (Lipinski definition) is 3. The summed E-state index contributed by atoms with van der Waals surface area (Å²) in [7, 11) is 0. The molecule has 0 fully saturated rings. The molecule has 0 aliphatic heterocycles. The maximum absolute atomic E-state index is 12.7. The fourth-order valence-corrected chi connectivity index (χ4v) is 3.87. The number of rotatable bonds is 8. The first-order valence-corrected chi connectivity index (χ1v) is 11.1. The van der Waals surface area contributed by atoms with Crippen LogP contribution in [-0.4, -0.2) is 30.6 Å². The molecule has 164 valence electrons. The third-order valence-corrected chi connectivity index (χ3v) is 5.66. The molecule has 2 heterocycles. The van der Waals surface area contributed by atoms with E-state index in [2.05, 4.69) is 31.5 Å². The SMILES string of the molecule is CCC(NC(=O)CCn1c(-c2cccc(C)c2)n[nH]c1=S)c1ncc(-c2ccccc2)[nH]1. The Labute approximate surface area is 191 Å². The Bertz CT molecular complexity index is 1260. The molecule has 1 atom stereocenters. The van der Waals surface area contributed by atoms with Crippen LogP contribution < -0.4 is 5.32 Å². The second-order valence-corrected chi connectivity index (χ2v) is 8.09. The number of amides is 1. The molecular weight excluding hydrogens is 420 g/mol. The van der Waals surface area contributed by atoms with Gasteiger partial charge in [-0.15, -0.1) is 0 Å². The highest BCUT2D eigenvalue weighted by atomic mass is 32.1. The first kappa shape index (κ1) is 21.7. The minimum atomic E-state index is -0.187. The Morgan fingerprint density at radius 3 is 2.69 bits per heavy atom. The predicted molar refractivity (Wildman–Crippen MR) is 127 cm³/mol. The number of nitrogens with zero attached hydrogens (tertiary/aromatic N) is 3. The third kappa shape index (κ3) is 4.86. The number of benzene rings is 2. The number of aromatic nitrogens is 5. The molecule has 0 radical (unpaired) electrons. The van der Waals surface area contributed by atoms with Gasteiger partial charge in [-0.05, 0) is 37.2 Å².